The van der Waals surface area contributed by atoms with Crippen LogP contribution < -0.4 is 0 Å². The van der Waals surface area contributed by atoms with E-state index in [2.05, 4.69) is 4.98 Å². The van der Waals surface area contributed by atoms with Gasteiger partial charge in [0.25, 0.3) is 5.91 Å². The summed E-state index contributed by atoms with van der Waals surface area (Å²) in [5.41, 5.74) is 2.96. The third-order valence-corrected chi connectivity index (χ3v) is 5.54. The molecule has 2 aromatic rings. The van der Waals surface area contributed by atoms with Crippen LogP contribution in [0.3, 0.4) is 0 Å². The van der Waals surface area contributed by atoms with Crippen molar-refractivity contribution in [1.29, 1.82) is 0 Å². The van der Waals surface area contributed by atoms with Gasteiger partial charge in [0.15, 0.2) is 0 Å². The van der Waals surface area contributed by atoms with E-state index in [0.717, 1.165) is 49.0 Å². The number of aromatic nitrogens is 1. The Bertz CT molecular complexity index is 781. The summed E-state index contributed by atoms with van der Waals surface area (Å²) in [7, 11) is 1.85. The standard InChI is InChI=1S/C23H29N3O2/c1-18-5-8-21(9-6-18)23(28)26-14-11-19(12-15-26)7-10-22(27)25(2)17-20-4-3-13-24-16-20/h3-6,8-9,13,16,19H,7,10-12,14-15,17H2,1-2H3. The highest BCUT2D eigenvalue weighted by atomic mass is 16.2. The molecule has 1 aromatic carbocycles. The molecule has 0 unspecified atom stereocenters. The first-order valence-corrected chi connectivity index (χ1v) is 10.0. The van der Waals surface area contributed by atoms with Crippen LogP contribution in [0.2, 0.25) is 0 Å². The van der Waals surface area contributed by atoms with Gasteiger partial charge in [-0.3, -0.25) is 14.6 Å². The lowest BCUT2D eigenvalue weighted by Gasteiger charge is -2.32. The van der Waals surface area contributed by atoms with Crippen LogP contribution in [0.5, 0.6) is 0 Å². The fourth-order valence-electron chi connectivity index (χ4n) is 3.68. The van der Waals surface area contributed by atoms with Crippen molar-refractivity contribution in [2.24, 2.45) is 5.92 Å². The summed E-state index contributed by atoms with van der Waals surface area (Å²) in [6, 6.07) is 11.6. The molecule has 148 valence electrons. The number of carbonyl (C=O) groups excluding carboxylic acids is 2. The van der Waals surface area contributed by atoms with Gasteiger partial charge < -0.3 is 9.80 Å². The molecule has 0 N–H and O–H groups in total. The molecule has 1 aromatic heterocycles. The molecule has 2 amide bonds. The highest BCUT2D eigenvalue weighted by Crippen LogP contribution is 2.23. The smallest absolute Gasteiger partial charge is 0.253 e. The van der Waals surface area contributed by atoms with Gasteiger partial charge in [-0.1, -0.05) is 23.8 Å². The summed E-state index contributed by atoms with van der Waals surface area (Å²) in [5, 5.41) is 0. The normalized spacial score (nSPS) is 14.7. The summed E-state index contributed by atoms with van der Waals surface area (Å²) in [6.07, 6.45) is 6.93. The molecule has 3 rings (SSSR count). The minimum absolute atomic E-state index is 0.116. The van der Waals surface area contributed by atoms with Crippen molar-refractivity contribution in [2.45, 2.75) is 39.2 Å². The van der Waals surface area contributed by atoms with Crippen molar-refractivity contribution in [3.8, 4) is 0 Å². The maximum atomic E-state index is 12.6. The second kappa shape index (κ2) is 9.49. The predicted molar refractivity (Wildman–Crippen MR) is 110 cm³/mol. The predicted octanol–water partition coefficient (Wildman–Crippen LogP) is 3.68. The van der Waals surface area contributed by atoms with Gasteiger partial charge in [-0.25, -0.2) is 0 Å². The Labute approximate surface area is 167 Å². The fraction of sp³-hybridized carbons (Fsp3) is 0.435. The molecule has 2 heterocycles. The molecule has 5 heteroatoms. The van der Waals surface area contributed by atoms with Crippen LogP contribution in [0.4, 0.5) is 0 Å². The Kier molecular flexibility index (Phi) is 6.80. The average Bonchev–Trinajstić information content (AvgIpc) is 2.73. The number of aryl methyl sites for hydroxylation is 1. The molecule has 28 heavy (non-hydrogen) atoms. The second-order valence-electron chi connectivity index (χ2n) is 7.75. The molecule has 0 bridgehead atoms. The van der Waals surface area contributed by atoms with Crippen LogP contribution in [0.25, 0.3) is 0 Å². The number of rotatable bonds is 6. The van der Waals surface area contributed by atoms with Crippen molar-refractivity contribution in [3.63, 3.8) is 0 Å². The monoisotopic (exact) mass is 379 g/mol. The van der Waals surface area contributed by atoms with Crippen molar-refractivity contribution in [1.82, 2.24) is 14.8 Å². The number of amides is 2. The van der Waals surface area contributed by atoms with Crippen molar-refractivity contribution < 1.29 is 9.59 Å². The van der Waals surface area contributed by atoms with Crippen LogP contribution in [-0.2, 0) is 11.3 Å². The third-order valence-electron chi connectivity index (χ3n) is 5.54. The first kappa shape index (κ1) is 20.1. The van der Waals surface area contributed by atoms with Crippen molar-refractivity contribution in [3.05, 3.63) is 65.5 Å². The van der Waals surface area contributed by atoms with E-state index in [1.165, 1.54) is 0 Å². The maximum absolute atomic E-state index is 12.6. The number of pyridine rings is 1. The minimum Gasteiger partial charge on any atom is -0.341 e. The number of benzene rings is 1. The van der Waals surface area contributed by atoms with E-state index in [0.29, 0.717) is 18.9 Å². The Hall–Kier alpha value is -2.69. The zero-order chi connectivity index (χ0) is 19.9. The molecule has 1 fully saturated rings. The van der Waals surface area contributed by atoms with E-state index < -0.39 is 0 Å². The van der Waals surface area contributed by atoms with Crippen LogP contribution >= 0.6 is 0 Å². The SMILES string of the molecule is Cc1ccc(C(=O)N2CCC(CCC(=O)N(C)Cc3cccnc3)CC2)cc1. The Morgan fingerprint density at radius 1 is 1.14 bits per heavy atom. The van der Waals surface area contributed by atoms with Gasteiger partial charge in [0.1, 0.15) is 0 Å². The molecular weight excluding hydrogens is 350 g/mol. The highest BCUT2D eigenvalue weighted by Gasteiger charge is 2.24. The van der Waals surface area contributed by atoms with Gasteiger partial charge >= 0.3 is 0 Å². The second-order valence-corrected chi connectivity index (χ2v) is 7.75. The van der Waals surface area contributed by atoms with Crippen LogP contribution in [0.1, 0.15) is 47.2 Å². The van der Waals surface area contributed by atoms with E-state index in [1.807, 2.05) is 55.3 Å². The van der Waals surface area contributed by atoms with Crippen molar-refractivity contribution >= 4 is 11.8 Å². The number of hydrogen-bond donors (Lipinski definition) is 0. The average molecular weight is 380 g/mol. The van der Waals surface area contributed by atoms with Crippen LogP contribution in [0, 0.1) is 12.8 Å². The van der Waals surface area contributed by atoms with Crippen LogP contribution in [0.15, 0.2) is 48.8 Å². The number of likely N-dealkylation sites (tertiary alicyclic amines) is 1. The highest BCUT2D eigenvalue weighted by molar-refractivity contribution is 5.94. The summed E-state index contributed by atoms with van der Waals surface area (Å²) < 4.78 is 0. The van der Waals surface area contributed by atoms with Crippen LogP contribution in [-0.4, -0.2) is 46.7 Å². The zero-order valence-corrected chi connectivity index (χ0v) is 16.8. The quantitative estimate of drug-likeness (QED) is 0.769. The molecule has 0 atom stereocenters. The molecule has 0 radical (unpaired) electrons. The van der Waals surface area contributed by atoms with E-state index in [-0.39, 0.29) is 11.8 Å². The van der Waals surface area contributed by atoms with Gasteiger partial charge in [-0.15, -0.1) is 0 Å². The summed E-state index contributed by atoms with van der Waals surface area (Å²) in [4.78, 5) is 32.8. The van der Waals surface area contributed by atoms with E-state index >= 15 is 0 Å². The lowest BCUT2D eigenvalue weighted by atomic mass is 9.91. The van der Waals surface area contributed by atoms with Gasteiger partial charge in [-0.05, 0) is 55.9 Å². The topological polar surface area (TPSA) is 53.5 Å². The first-order chi connectivity index (χ1) is 13.5. The summed E-state index contributed by atoms with van der Waals surface area (Å²) in [5.74, 6) is 0.797. The van der Waals surface area contributed by atoms with E-state index in [9.17, 15) is 9.59 Å². The molecule has 0 saturated carbocycles. The maximum Gasteiger partial charge on any atom is 0.253 e. The Morgan fingerprint density at radius 3 is 2.50 bits per heavy atom. The molecule has 1 aliphatic rings. The van der Waals surface area contributed by atoms with Gasteiger partial charge in [0.2, 0.25) is 5.91 Å². The lowest BCUT2D eigenvalue weighted by Crippen LogP contribution is -2.38. The van der Waals surface area contributed by atoms with Crippen molar-refractivity contribution in [2.75, 3.05) is 20.1 Å². The molecule has 1 saturated heterocycles. The number of carbonyl (C=O) groups is 2. The summed E-state index contributed by atoms with van der Waals surface area (Å²) in [6.45, 7) is 4.17. The molecule has 0 aliphatic carbocycles. The number of hydrogen-bond acceptors (Lipinski definition) is 3. The third kappa shape index (κ3) is 5.41. The molecular formula is C23H29N3O2. The van der Waals surface area contributed by atoms with E-state index in [4.69, 9.17) is 0 Å². The Morgan fingerprint density at radius 2 is 1.86 bits per heavy atom. The fourth-order valence-corrected chi connectivity index (χ4v) is 3.68. The Balaban J connectivity index is 1.41. The van der Waals surface area contributed by atoms with Gasteiger partial charge in [0.05, 0.1) is 0 Å². The minimum atomic E-state index is 0.116. The van der Waals surface area contributed by atoms with Gasteiger partial charge in [-0.2, -0.15) is 0 Å². The molecule has 5 nitrogen and oxygen atoms in total. The number of nitrogens with zero attached hydrogens (tertiary/aromatic N) is 3. The largest absolute Gasteiger partial charge is 0.341 e. The summed E-state index contributed by atoms with van der Waals surface area (Å²) >= 11 is 0. The van der Waals surface area contributed by atoms with Gasteiger partial charge in [0, 0.05) is 51.1 Å². The lowest BCUT2D eigenvalue weighted by molar-refractivity contribution is -0.130. The van der Waals surface area contributed by atoms with E-state index in [1.54, 1.807) is 17.3 Å². The molecule has 0 spiro atoms. The number of piperidine rings is 1. The molecule has 1 aliphatic heterocycles. The zero-order valence-electron chi connectivity index (χ0n) is 16.8. The first-order valence-electron chi connectivity index (χ1n) is 10.0.